The molecule has 4 heterocycles. The predicted octanol–water partition coefficient (Wildman–Crippen LogP) is 4.94. The number of hydrogen-bond acceptors (Lipinski definition) is 7. The van der Waals surface area contributed by atoms with Crippen LogP contribution >= 0.6 is 22.7 Å². The molecule has 9 heteroatoms. The van der Waals surface area contributed by atoms with E-state index in [1.54, 1.807) is 22.4 Å². The van der Waals surface area contributed by atoms with Crippen molar-refractivity contribution >= 4 is 39.7 Å². The molecule has 1 aliphatic rings. The van der Waals surface area contributed by atoms with Gasteiger partial charge in [-0.2, -0.15) is 0 Å². The van der Waals surface area contributed by atoms with E-state index in [2.05, 4.69) is 29.0 Å². The first-order valence-corrected chi connectivity index (χ1v) is 12.7. The lowest BCUT2D eigenvalue weighted by Gasteiger charge is -2.39. The SMILES string of the molecule is CCOC(=O)N1CCN([C@@H](c2ccccn2)c2c(NC(=O)c3cccs3)sc(C)c2C)CC1. The predicted molar refractivity (Wildman–Crippen MR) is 132 cm³/mol. The Bertz CT molecular complexity index is 1090. The number of nitrogens with one attached hydrogen (secondary N) is 1. The molecule has 1 aliphatic heterocycles. The first kappa shape index (κ1) is 23.4. The molecule has 0 aliphatic carbocycles. The summed E-state index contributed by atoms with van der Waals surface area (Å²) in [4.78, 5) is 35.7. The van der Waals surface area contributed by atoms with Crippen LogP contribution in [0.2, 0.25) is 0 Å². The van der Waals surface area contributed by atoms with E-state index in [4.69, 9.17) is 4.74 Å². The molecule has 0 radical (unpaired) electrons. The summed E-state index contributed by atoms with van der Waals surface area (Å²) in [6.45, 7) is 8.92. The third kappa shape index (κ3) is 5.10. The molecule has 1 saturated heterocycles. The monoisotopic (exact) mass is 484 g/mol. The van der Waals surface area contributed by atoms with Crippen LogP contribution in [0.5, 0.6) is 0 Å². The fourth-order valence-electron chi connectivity index (χ4n) is 4.07. The molecule has 1 fully saturated rings. The highest BCUT2D eigenvalue weighted by molar-refractivity contribution is 7.17. The quantitative estimate of drug-likeness (QED) is 0.537. The Morgan fingerprint density at radius 1 is 1.15 bits per heavy atom. The number of carbonyl (C=O) groups is 2. The maximum Gasteiger partial charge on any atom is 0.409 e. The summed E-state index contributed by atoms with van der Waals surface area (Å²) >= 11 is 3.03. The summed E-state index contributed by atoms with van der Waals surface area (Å²) in [5.74, 6) is -0.0978. The van der Waals surface area contributed by atoms with Gasteiger partial charge in [0, 0.05) is 42.8 Å². The van der Waals surface area contributed by atoms with Gasteiger partial charge in [-0.1, -0.05) is 12.1 Å². The Balaban J connectivity index is 1.66. The second-order valence-electron chi connectivity index (χ2n) is 7.84. The van der Waals surface area contributed by atoms with Crippen LogP contribution in [0.3, 0.4) is 0 Å². The molecule has 3 aromatic heterocycles. The summed E-state index contributed by atoms with van der Waals surface area (Å²) in [6, 6.07) is 9.51. The third-order valence-electron chi connectivity index (χ3n) is 5.85. The van der Waals surface area contributed by atoms with Gasteiger partial charge in [-0.3, -0.25) is 14.7 Å². The number of thiophene rings is 2. The second-order valence-corrected chi connectivity index (χ2v) is 10.0. The molecular formula is C24H28N4O3S2. The van der Waals surface area contributed by atoms with E-state index < -0.39 is 0 Å². The van der Waals surface area contributed by atoms with E-state index in [0.717, 1.165) is 26.7 Å². The largest absolute Gasteiger partial charge is 0.450 e. The van der Waals surface area contributed by atoms with Crippen molar-refractivity contribution in [2.75, 3.05) is 38.1 Å². The molecule has 0 saturated carbocycles. The number of piperazine rings is 1. The topological polar surface area (TPSA) is 74.8 Å². The number of amides is 2. The van der Waals surface area contributed by atoms with Crippen LogP contribution in [0.15, 0.2) is 41.9 Å². The number of rotatable bonds is 6. The number of nitrogens with zero attached hydrogens (tertiary/aromatic N) is 3. The fourth-order valence-corrected chi connectivity index (χ4v) is 5.78. The molecular weight excluding hydrogens is 456 g/mol. The Hall–Kier alpha value is -2.75. The summed E-state index contributed by atoms with van der Waals surface area (Å²) in [6.07, 6.45) is 1.54. The molecule has 1 N–H and O–H groups in total. The van der Waals surface area contributed by atoms with Crippen molar-refractivity contribution in [1.29, 1.82) is 0 Å². The van der Waals surface area contributed by atoms with Gasteiger partial charge < -0.3 is 15.0 Å². The Kier molecular flexibility index (Phi) is 7.42. The van der Waals surface area contributed by atoms with E-state index >= 15 is 0 Å². The van der Waals surface area contributed by atoms with Gasteiger partial charge in [0.2, 0.25) is 0 Å². The molecule has 0 bridgehead atoms. The van der Waals surface area contributed by atoms with Crippen LogP contribution in [0, 0.1) is 13.8 Å². The van der Waals surface area contributed by atoms with E-state index in [9.17, 15) is 9.59 Å². The van der Waals surface area contributed by atoms with E-state index in [-0.39, 0.29) is 18.0 Å². The Morgan fingerprint density at radius 2 is 1.94 bits per heavy atom. The second kappa shape index (κ2) is 10.5. The number of ether oxygens (including phenoxy) is 1. The van der Waals surface area contributed by atoms with Crippen molar-refractivity contribution in [3.63, 3.8) is 0 Å². The van der Waals surface area contributed by atoms with Crippen LogP contribution in [0.4, 0.5) is 9.80 Å². The van der Waals surface area contributed by atoms with Crippen LogP contribution in [-0.2, 0) is 4.74 Å². The van der Waals surface area contributed by atoms with Gasteiger partial charge in [-0.25, -0.2) is 4.79 Å². The average molecular weight is 485 g/mol. The van der Waals surface area contributed by atoms with Crippen molar-refractivity contribution in [1.82, 2.24) is 14.8 Å². The van der Waals surface area contributed by atoms with Crippen LogP contribution < -0.4 is 5.32 Å². The first-order valence-electron chi connectivity index (χ1n) is 11.0. The minimum Gasteiger partial charge on any atom is -0.450 e. The maximum atomic E-state index is 12.9. The van der Waals surface area contributed by atoms with Crippen molar-refractivity contribution in [2.45, 2.75) is 26.8 Å². The molecule has 3 aromatic rings. The van der Waals surface area contributed by atoms with Crippen molar-refractivity contribution in [3.8, 4) is 0 Å². The summed E-state index contributed by atoms with van der Waals surface area (Å²) in [5.41, 5.74) is 3.16. The highest BCUT2D eigenvalue weighted by Crippen LogP contribution is 2.42. The highest BCUT2D eigenvalue weighted by Gasteiger charge is 2.33. The van der Waals surface area contributed by atoms with Gasteiger partial charge >= 0.3 is 6.09 Å². The molecule has 174 valence electrons. The van der Waals surface area contributed by atoms with Gasteiger partial charge in [0.25, 0.3) is 5.91 Å². The number of aromatic nitrogens is 1. The standard InChI is InChI=1S/C24H28N4O3S2/c1-4-31-24(30)28-13-11-27(12-14-28)21(18-8-5-6-10-25-18)20-16(2)17(3)33-23(20)26-22(29)19-9-7-15-32-19/h5-10,15,21H,4,11-14H2,1-3H3,(H,26,29)/t21-/m0/s1. The first-order chi connectivity index (χ1) is 16.0. The molecule has 7 nitrogen and oxygen atoms in total. The van der Waals surface area contributed by atoms with Gasteiger partial charge in [0.05, 0.1) is 23.2 Å². The average Bonchev–Trinajstić information content (AvgIpc) is 3.46. The molecule has 0 unspecified atom stereocenters. The highest BCUT2D eigenvalue weighted by atomic mass is 32.1. The fraction of sp³-hybridized carbons (Fsp3) is 0.375. The van der Waals surface area contributed by atoms with Crippen LogP contribution in [0.25, 0.3) is 0 Å². The number of carbonyl (C=O) groups excluding carboxylic acids is 2. The molecule has 4 rings (SSSR count). The molecule has 1 atom stereocenters. The van der Waals surface area contributed by atoms with Gasteiger partial charge in [-0.05, 0) is 49.9 Å². The number of anilines is 1. The lowest BCUT2D eigenvalue weighted by atomic mass is 9.97. The van der Waals surface area contributed by atoms with Gasteiger partial charge in [0.15, 0.2) is 0 Å². The minimum atomic E-state index is -0.266. The van der Waals surface area contributed by atoms with Gasteiger partial charge in [-0.15, -0.1) is 22.7 Å². The number of aryl methyl sites for hydroxylation is 1. The van der Waals surface area contributed by atoms with Crippen molar-refractivity contribution in [3.05, 3.63) is 68.5 Å². The zero-order chi connectivity index (χ0) is 23.4. The smallest absolute Gasteiger partial charge is 0.409 e. The number of hydrogen-bond donors (Lipinski definition) is 1. The maximum absolute atomic E-state index is 12.9. The summed E-state index contributed by atoms with van der Waals surface area (Å²) in [5, 5.41) is 5.92. The lowest BCUT2D eigenvalue weighted by Crippen LogP contribution is -2.50. The van der Waals surface area contributed by atoms with Crippen LogP contribution in [-0.4, -0.2) is 59.6 Å². The van der Waals surface area contributed by atoms with E-state index in [1.807, 2.05) is 42.6 Å². The number of pyridine rings is 1. The molecule has 0 aromatic carbocycles. The molecule has 33 heavy (non-hydrogen) atoms. The zero-order valence-corrected chi connectivity index (χ0v) is 20.7. The third-order valence-corrected chi connectivity index (χ3v) is 7.86. The van der Waals surface area contributed by atoms with Gasteiger partial charge in [0.1, 0.15) is 5.00 Å². The zero-order valence-electron chi connectivity index (χ0n) is 19.0. The van der Waals surface area contributed by atoms with E-state index in [1.165, 1.54) is 11.3 Å². The van der Waals surface area contributed by atoms with Crippen molar-refractivity contribution in [2.24, 2.45) is 0 Å². The van der Waals surface area contributed by atoms with Crippen LogP contribution in [0.1, 0.15) is 44.3 Å². The Labute approximate surface area is 202 Å². The normalized spacial score (nSPS) is 15.3. The molecule has 0 spiro atoms. The minimum absolute atomic E-state index is 0.0978. The summed E-state index contributed by atoms with van der Waals surface area (Å²) in [7, 11) is 0. The van der Waals surface area contributed by atoms with E-state index in [0.29, 0.717) is 37.7 Å². The lowest BCUT2D eigenvalue weighted by molar-refractivity contribution is 0.0710. The summed E-state index contributed by atoms with van der Waals surface area (Å²) < 4.78 is 5.18. The Morgan fingerprint density at radius 3 is 2.58 bits per heavy atom. The van der Waals surface area contributed by atoms with Crippen molar-refractivity contribution < 1.29 is 14.3 Å². The molecule has 2 amide bonds.